The van der Waals surface area contributed by atoms with Gasteiger partial charge in [0.25, 0.3) is 0 Å². The van der Waals surface area contributed by atoms with Gasteiger partial charge in [-0.1, -0.05) is 12.8 Å². The molecule has 4 nitrogen and oxygen atoms in total. The maximum Gasteiger partial charge on any atom is 0.220 e. The van der Waals surface area contributed by atoms with E-state index in [-0.39, 0.29) is 30.3 Å². The summed E-state index contributed by atoms with van der Waals surface area (Å²) in [6.07, 6.45) is 9.74. The van der Waals surface area contributed by atoms with Crippen molar-refractivity contribution >= 4 is 18.3 Å². The molecule has 5 heteroatoms. The van der Waals surface area contributed by atoms with Crippen molar-refractivity contribution in [2.24, 2.45) is 11.3 Å². The summed E-state index contributed by atoms with van der Waals surface area (Å²) >= 11 is 0. The molecule has 1 saturated carbocycles. The third-order valence-corrected chi connectivity index (χ3v) is 5.21. The van der Waals surface area contributed by atoms with Crippen molar-refractivity contribution in [2.75, 3.05) is 26.2 Å². The second kappa shape index (κ2) is 9.65. The predicted molar refractivity (Wildman–Crippen MR) is 87.7 cm³/mol. The van der Waals surface area contributed by atoms with E-state index in [9.17, 15) is 9.90 Å². The molecule has 0 unspecified atom stereocenters. The van der Waals surface area contributed by atoms with Crippen molar-refractivity contribution < 1.29 is 9.90 Å². The van der Waals surface area contributed by atoms with Crippen molar-refractivity contribution in [1.82, 2.24) is 10.6 Å². The van der Waals surface area contributed by atoms with E-state index < -0.39 is 0 Å². The summed E-state index contributed by atoms with van der Waals surface area (Å²) in [5.41, 5.74) is 0.180. The Hall–Kier alpha value is -0.320. The monoisotopic (exact) mass is 318 g/mol. The summed E-state index contributed by atoms with van der Waals surface area (Å²) in [6, 6.07) is 0. The highest BCUT2D eigenvalue weighted by Crippen LogP contribution is 2.40. The summed E-state index contributed by atoms with van der Waals surface area (Å²) in [4.78, 5) is 12.0. The Kier molecular flexibility index (Phi) is 8.60. The average Bonchev–Trinajstić information content (AvgIpc) is 2.93. The molecule has 124 valence electrons. The number of rotatable bonds is 7. The molecule has 0 spiro atoms. The number of hydrogen-bond donors (Lipinski definition) is 3. The molecule has 0 atom stereocenters. The number of carbonyl (C=O) groups is 1. The minimum Gasteiger partial charge on any atom is -0.396 e. The fraction of sp³-hybridized carbons (Fsp3) is 0.938. The van der Waals surface area contributed by atoms with Gasteiger partial charge in [-0.25, -0.2) is 0 Å². The molecule has 2 aliphatic rings. The first kappa shape index (κ1) is 18.7. The van der Waals surface area contributed by atoms with E-state index in [1.807, 2.05) is 0 Å². The zero-order valence-corrected chi connectivity index (χ0v) is 13.8. The van der Waals surface area contributed by atoms with Crippen molar-refractivity contribution in [3.05, 3.63) is 0 Å². The molecule has 3 N–H and O–H groups in total. The highest BCUT2D eigenvalue weighted by molar-refractivity contribution is 5.85. The third-order valence-electron chi connectivity index (χ3n) is 5.21. The van der Waals surface area contributed by atoms with Gasteiger partial charge in [0.05, 0.1) is 0 Å². The van der Waals surface area contributed by atoms with Gasteiger partial charge in [-0.05, 0) is 62.9 Å². The molecule has 1 aliphatic heterocycles. The molecule has 1 saturated heterocycles. The molecular formula is C16H31ClN2O2. The van der Waals surface area contributed by atoms with Crippen LogP contribution in [0.4, 0.5) is 0 Å². The molecule has 2 rings (SSSR count). The van der Waals surface area contributed by atoms with Gasteiger partial charge in [0, 0.05) is 19.6 Å². The first-order chi connectivity index (χ1) is 9.74. The quantitative estimate of drug-likeness (QED) is 0.674. The molecule has 0 aromatic rings. The molecule has 1 aliphatic carbocycles. The van der Waals surface area contributed by atoms with Gasteiger partial charge < -0.3 is 15.7 Å². The fourth-order valence-corrected chi connectivity index (χ4v) is 3.76. The van der Waals surface area contributed by atoms with Crippen LogP contribution in [0.15, 0.2) is 0 Å². The number of piperidine rings is 1. The van der Waals surface area contributed by atoms with E-state index in [0.29, 0.717) is 6.42 Å². The van der Waals surface area contributed by atoms with Crippen LogP contribution in [0.3, 0.4) is 0 Å². The van der Waals surface area contributed by atoms with Crippen molar-refractivity contribution in [2.45, 2.75) is 57.8 Å². The Morgan fingerprint density at radius 2 is 1.90 bits per heavy atom. The number of carbonyl (C=O) groups excluding carboxylic acids is 1. The van der Waals surface area contributed by atoms with Crippen LogP contribution in [-0.2, 0) is 4.79 Å². The van der Waals surface area contributed by atoms with E-state index in [0.717, 1.165) is 51.2 Å². The Labute approximate surface area is 134 Å². The van der Waals surface area contributed by atoms with Crippen molar-refractivity contribution in [1.29, 1.82) is 0 Å². The Morgan fingerprint density at radius 3 is 2.52 bits per heavy atom. The second-order valence-electron chi connectivity index (χ2n) is 6.69. The molecule has 1 heterocycles. The molecule has 0 radical (unpaired) electrons. The summed E-state index contributed by atoms with van der Waals surface area (Å²) in [6.45, 7) is 3.21. The first-order valence-corrected chi connectivity index (χ1v) is 8.32. The number of halogens is 1. The Morgan fingerprint density at radius 1 is 1.24 bits per heavy atom. The average molecular weight is 319 g/mol. The van der Waals surface area contributed by atoms with Crippen molar-refractivity contribution in [3.63, 3.8) is 0 Å². The Balaban J connectivity index is 0.00000220. The van der Waals surface area contributed by atoms with Crippen LogP contribution < -0.4 is 10.6 Å². The van der Waals surface area contributed by atoms with E-state index in [2.05, 4.69) is 10.6 Å². The van der Waals surface area contributed by atoms with Crippen LogP contribution in [0.2, 0.25) is 0 Å². The fourth-order valence-electron chi connectivity index (χ4n) is 3.76. The molecule has 21 heavy (non-hydrogen) atoms. The van der Waals surface area contributed by atoms with E-state index in [1.165, 1.54) is 25.7 Å². The second-order valence-corrected chi connectivity index (χ2v) is 6.69. The first-order valence-electron chi connectivity index (χ1n) is 8.32. The van der Waals surface area contributed by atoms with Crippen LogP contribution in [0, 0.1) is 11.3 Å². The number of amides is 1. The summed E-state index contributed by atoms with van der Waals surface area (Å²) in [7, 11) is 0. The van der Waals surface area contributed by atoms with E-state index >= 15 is 0 Å². The van der Waals surface area contributed by atoms with Crippen molar-refractivity contribution in [3.8, 4) is 0 Å². The number of hydrogen-bond acceptors (Lipinski definition) is 3. The van der Waals surface area contributed by atoms with Gasteiger partial charge in [-0.15, -0.1) is 12.4 Å². The maximum absolute atomic E-state index is 12.0. The standard InChI is InChI=1S/C16H30N2O2.ClH/c19-12-9-16(7-1-2-8-16)13-18-15(20)4-3-14-5-10-17-11-6-14;/h14,17,19H,1-13H2,(H,18,20);1H. The highest BCUT2D eigenvalue weighted by atomic mass is 35.5. The predicted octanol–water partition coefficient (Wildman–Crippen LogP) is 2.25. The lowest BCUT2D eigenvalue weighted by Gasteiger charge is -2.28. The lowest BCUT2D eigenvalue weighted by Crippen LogP contribution is -2.37. The van der Waals surface area contributed by atoms with E-state index in [1.54, 1.807) is 0 Å². The van der Waals surface area contributed by atoms with Crippen LogP contribution in [0.5, 0.6) is 0 Å². The normalized spacial score (nSPS) is 21.8. The van der Waals surface area contributed by atoms with Gasteiger partial charge in [-0.2, -0.15) is 0 Å². The molecule has 0 aromatic carbocycles. The molecule has 1 amide bonds. The lowest BCUT2D eigenvalue weighted by molar-refractivity contribution is -0.122. The highest BCUT2D eigenvalue weighted by Gasteiger charge is 2.33. The Bertz CT molecular complexity index is 301. The molecule has 0 aromatic heterocycles. The van der Waals surface area contributed by atoms with Crippen LogP contribution in [0.1, 0.15) is 57.8 Å². The summed E-state index contributed by atoms with van der Waals surface area (Å²) in [5, 5.41) is 15.7. The summed E-state index contributed by atoms with van der Waals surface area (Å²) < 4.78 is 0. The van der Waals surface area contributed by atoms with Crippen LogP contribution in [0.25, 0.3) is 0 Å². The van der Waals surface area contributed by atoms with Gasteiger partial charge in [-0.3, -0.25) is 4.79 Å². The largest absolute Gasteiger partial charge is 0.396 e. The van der Waals surface area contributed by atoms with Gasteiger partial charge in [0.1, 0.15) is 0 Å². The number of aliphatic hydroxyl groups is 1. The van der Waals surface area contributed by atoms with E-state index in [4.69, 9.17) is 0 Å². The van der Waals surface area contributed by atoms with Gasteiger partial charge in [0.15, 0.2) is 0 Å². The van der Waals surface area contributed by atoms with Gasteiger partial charge >= 0.3 is 0 Å². The minimum atomic E-state index is 0. The zero-order valence-electron chi connectivity index (χ0n) is 13.0. The zero-order chi connectivity index (χ0) is 14.3. The molecule has 0 bridgehead atoms. The summed E-state index contributed by atoms with van der Waals surface area (Å²) in [5.74, 6) is 0.924. The minimum absolute atomic E-state index is 0. The topological polar surface area (TPSA) is 61.4 Å². The third kappa shape index (κ3) is 6.13. The lowest BCUT2D eigenvalue weighted by atomic mass is 9.83. The number of nitrogens with one attached hydrogen (secondary N) is 2. The number of aliphatic hydroxyl groups excluding tert-OH is 1. The molecule has 2 fully saturated rings. The van der Waals surface area contributed by atoms with Crippen LogP contribution >= 0.6 is 12.4 Å². The maximum atomic E-state index is 12.0. The van der Waals surface area contributed by atoms with Crippen LogP contribution in [-0.4, -0.2) is 37.3 Å². The molecular weight excluding hydrogens is 288 g/mol. The SMILES string of the molecule is Cl.O=C(CCC1CCNCC1)NCC1(CCO)CCCC1. The smallest absolute Gasteiger partial charge is 0.220 e. The van der Waals surface area contributed by atoms with Gasteiger partial charge in [0.2, 0.25) is 5.91 Å².